The first-order valence-corrected chi connectivity index (χ1v) is 12.3. The van der Waals surface area contributed by atoms with Crippen molar-refractivity contribution in [2.45, 2.75) is 42.1 Å². The Kier molecular flexibility index (Phi) is 7.21. The quantitative estimate of drug-likeness (QED) is 0.197. The molecule has 0 aromatic heterocycles. The Balaban J connectivity index is 1.42. The van der Waals surface area contributed by atoms with Crippen LogP contribution < -0.4 is 16.0 Å². The summed E-state index contributed by atoms with van der Waals surface area (Å²) in [5.41, 5.74) is 0.865. The number of aliphatic carboxylic acids is 1. The SMILES string of the molecule is CC1(C)S[C@@H]2C(NC(=O)C(NC(=O)CNC(=N)c3ccc(F)cc3)c3ccccc3)C(=O)N2[C@H]1C(=O)O. The lowest BCUT2D eigenvalue weighted by atomic mass is 9.95. The number of thioether (sulfide) groups is 1. The molecule has 12 heteroatoms. The number of β-lactam (4-membered cyclic amide) rings is 1. The van der Waals surface area contributed by atoms with Gasteiger partial charge in [-0.1, -0.05) is 30.3 Å². The van der Waals surface area contributed by atoms with Gasteiger partial charge in [0.1, 0.15) is 35.2 Å². The first-order valence-electron chi connectivity index (χ1n) is 11.5. The lowest BCUT2D eigenvalue weighted by Crippen LogP contribution is -2.71. The van der Waals surface area contributed by atoms with Crippen molar-refractivity contribution in [3.05, 3.63) is 71.5 Å². The molecule has 2 aromatic rings. The van der Waals surface area contributed by atoms with Crippen molar-refractivity contribution in [3.63, 3.8) is 0 Å². The smallest absolute Gasteiger partial charge is 0.327 e. The van der Waals surface area contributed by atoms with Crippen LogP contribution in [0.25, 0.3) is 0 Å². The summed E-state index contributed by atoms with van der Waals surface area (Å²) in [6.07, 6.45) is 0. The highest BCUT2D eigenvalue weighted by molar-refractivity contribution is 8.01. The van der Waals surface area contributed by atoms with Crippen LogP contribution in [0.2, 0.25) is 0 Å². The van der Waals surface area contributed by atoms with Gasteiger partial charge >= 0.3 is 5.97 Å². The molecule has 37 heavy (non-hydrogen) atoms. The summed E-state index contributed by atoms with van der Waals surface area (Å²) in [5, 5.41) is 25.0. The number of fused-ring (bicyclic) bond motifs is 1. The van der Waals surface area contributed by atoms with Gasteiger partial charge in [-0.2, -0.15) is 0 Å². The van der Waals surface area contributed by atoms with E-state index in [0.717, 1.165) is 0 Å². The first kappa shape index (κ1) is 26.1. The lowest BCUT2D eigenvalue weighted by molar-refractivity contribution is -0.161. The standard InChI is InChI=1S/C25H26FN5O5S/c1-25(2)19(24(35)36)31-22(34)18(23(31)37-25)30-21(33)17(13-6-4-3-5-7-13)29-16(32)12-28-20(27)14-8-10-15(26)11-9-14/h3-11,17-19,23H,12H2,1-2H3,(H2,27,28)(H,29,32)(H,30,33)(H,35,36)/t17?,18?,19-,23+/m0/s1. The molecule has 2 aliphatic heterocycles. The number of nitrogens with one attached hydrogen (secondary N) is 4. The summed E-state index contributed by atoms with van der Waals surface area (Å²) >= 11 is 1.30. The molecule has 0 spiro atoms. The molecule has 2 fully saturated rings. The number of amides is 3. The second-order valence-corrected chi connectivity index (χ2v) is 11.0. The van der Waals surface area contributed by atoms with Crippen LogP contribution in [0.3, 0.4) is 0 Å². The molecule has 2 aliphatic rings. The molecule has 0 aliphatic carbocycles. The molecule has 2 saturated heterocycles. The minimum atomic E-state index is -1.13. The topological polar surface area (TPSA) is 152 Å². The highest BCUT2D eigenvalue weighted by Gasteiger charge is 2.64. The number of halogens is 1. The predicted octanol–water partition coefficient (Wildman–Crippen LogP) is 1.23. The zero-order chi connectivity index (χ0) is 26.9. The Bertz CT molecular complexity index is 1240. The molecule has 0 saturated carbocycles. The fourth-order valence-electron chi connectivity index (χ4n) is 4.43. The predicted molar refractivity (Wildman–Crippen MR) is 134 cm³/mol. The van der Waals surface area contributed by atoms with E-state index < -0.39 is 57.8 Å². The van der Waals surface area contributed by atoms with Crippen LogP contribution in [0.4, 0.5) is 4.39 Å². The third kappa shape index (κ3) is 5.29. The van der Waals surface area contributed by atoms with E-state index in [1.165, 1.54) is 40.9 Å². The number of amidine groups is 1. The summed E-state index contributed by atoms with van der Waals surface area (Å²) in [5.74, 6) is -3.34. The minimum Gasteiger partial charge on any atom is -0.480 e. The van der Waals surface area contributed by atoms with Gasteiger partial charge in [-0.3, -0.25) is 19.8 Å². The highest BCUT2D eigenvalue weighted by atomic mass is 32.2. The summed E-state index contributed by atoms with van der Waals surface area (Å²) < 4.78 is 12.4. The van der Waals surface area contributed by atoms with E-state index in [1.54, 1.807) is 44.2 Å². The number of carbonyl (C=O) groups excluding carboxylic acids is 3. The van der Waals surface area contributed by atoms with Crippen LogP contribution in [0, 0.1) is 11.2 Å². The van der Waals surface area contributed by atoms with E-state index in [2.05, 4.69) is 16.0 Å². The van der Waals surface area contributed by atoms with E-state index in [-0.39, 0.29) is 12.4 Å². The van der Waals surface area contributed by atoms with Gasteiger partial charge in [0.2, 0.25) is 17.7 Å². The van der Waals surface area contributed by atoms with E-state index in [9.17, 15) is 28.7 Å². The van der Waals surface area contributed by atoms with E-state index in [0.29, 0.717) is 11.1 Å². The van der Waals surface area contributed by atoms with Crippen LogP contribution in [0.15, 0.2) is 54.6 Å². The number of rotatable bonds is 8. The molecular weight excluding hydrogens is 501 g/mol. The Morgan fingerprint density at radius 1 is 1.14 bits per heavy atom. The third-order valence-electron chi connectivity index (χ3n) is 6.23. The maximum atomic E-state index is 13.3. The van der Waals surface area contributed by atoms with E-state index >= 15 is 0 Å². The van der Waals surface area contributed by atoms with Gasteiger partial charge in [0.15, 0.2) is 0 Å². The Morgan fingerprint density at radius 3 is 2.41 bits per heavy atom. The first-order chi connectivity index (χ1) is 17.5. The average molecular weight is 528 g/mol. The molecule has 194 valence electrons. The molecule has 2 heterocycles. The molecule has 0 radical (unpaired) electrons. The zero-order valence-corrected chi connectivity index (χ0v) is 20.8. The lowest BCUT2D eigenvalue weighted by Gasteiger charge is -2.44. The molecule has 10 nitrogen and oxygen atoms in total. The second-order valence-electron chi connectivity index (χ2n) is 9.23. The molecule has 4 rings (SSSR count). The fourth-order valence-corrected chi connectivity index (χ4v) is 6.05. The van der Waals surface area contributed by atoms with Gasteiger partial charge in [-0.05, 0) is 43.7 Å². The number of hydrogen-bond acceptors (Lipinski definition) is 6. The summed E-state index contributed by atoms with van der Waals surface area (Å²) in [6.45, 7) is 3.16. The van der Waals surface area contributed by atoms with Crippen LogP contribution in [0.1, 0.15) is 31.0 Å². The average Bonchev–Trinajstić information content (AvgIpc) is 3.13. The number of nitrogens with zero attached hydrogens (tertiary/aromatic N) is 1. The van der Waals surface area contributed by atoms with Gasteiger partial charge in [-0.15, -0.1) is 11.8 Å². The maximum Gasteiger partial charge on any atom is 0.327 e. The summed E-state index contributed by atoms with van der Waals surface area (Å²) in [7, 11) is 0. The third-order valence-corrected chi connectivity index (χ3v) is 7.80. The highest BCUT2D eigenvalue weighted by Crippen LogP contribution is 2.50. The number of benzene rings is 2. The Morgan fingerprint density at radius 2 is 1.78 bits per heavy atom. The second kappa shape index (κ2) is 10.2. The monoisotopic (exact) mass is 527 g/mol. The summed E-state index contributed by atoms with van der Waals surface area (Å²) in [4.78, 5) is 51.7. The van der Waals surface area contributed by atoms with Gasteiger partial charge in [-0.25, -0.2) is 9.18 Å². The van der Waals surface area contributed by atoms with Gasteiger partial charge in [0.25, 0.3) is 0 Å². The Labute approximate surface area is 216 Å². The van der Waals surface area contributed by atoms with Crippen molar-refractivity contribution in [1.82, 2.24) is 20.9 Å². The van der Waals surface area contributed by atoms with Crippen molar-refractivity contribution in [2.75, 3.05) is 6.54 Å². The Hall–Kier alpha value is -3.93. The number of carboxylic acids is 1. The molecule has 0 bridgehead atoms. The van der Waals surface area contributed by atoms with E-state index in [4.69, 9.17) is 5.41 Å². The van der Waals surface area contributed by atoms with Gasteiger partial charge < -0.3 is 26.0 Å². The van der Waals surface area contributed by atoms with Crippen molar-refractivity contribution in [1.29, 1.82) is 5.41 Å². The van der Waals surface area contributed by atoms with Crippen LogP contribution in [-0.4, -0.2) is 68.3 Å². The normalized spacial score (nSPS) is 22.3. The van der Waals surface area contributed by atoms with Crippen molar-refractivity contribution < 1.29 is 28.7 Å². The van der Waals surface area contributed by atoms with Crippen LogP contribution in [0.5, 0.6) is 0 Å². The minimum absolute atomic E-state index is 0.0927. The number of hydrogen-bond donors (Lipinski definition) is 5. The molecular formula is C25H26FN5O5S. The van der Waals surface area contributed by atoms with E-state index in [1.807, 2.05) is 0 Å². The molecule has 2 unspecified atom stereocenters. The van der Waals surface area contributed by atoms with Crippen molar-refractivity contribution in [3.8, 4) is 0 Å². The van der Waals surface area contributed by atoms with Gasteiger partial charge in [0, 0.05) is 10.3 Å². The number of carboxylic acid groups (broad SMARTS) is 1. The van der Waals surface area contributed by atoms with Crippen molar-refractivity contribution in [2.24, 2.45) is 0 Å². The zero-order valence-electron chi connectivity index (χ0n) is 20.0. The maximum absolute atomic E-state index is 13.3. The summed E-state index contributed by atoms with van der Waals surface area (Å²) in [6, 6.07) is 10.6. The van der Waals surface area contributed by atoms with Crippen LogP contribution in [-0.2, 0) is 19.2 Å². The number of carbonyl (C=O) groups is 4. The largest absolute Gasteiger partial charge is 0.480 e. The van der Waals surface area contributed by atoms with Crippen LogP contribution >= 0.6 is 11.8 Å². The molecule has 3 amide bonds. The molecule has 2 aromatic carbocycles. The van der Waals surface area contributed by atoms with Gasteiger partial charge in [0.05, 0.1) is 6.54 Å². The van der Waals surface area contributed by atoms with Crippen molar-refractivity contribution >= 4 is 41.3 Å². The molecule has 5 N–H and O–H groups in total. The fraction of sp³-hybridized carbons (Fsp3) is 0.320. The molecule has 4 atom stereocenters.